The molecular formula is C21H28N4O4. The summed E-state index contributed by atoms with van der Waals surface area (Å²) in [7, 11) is 0. The zero-order valence-electron chi connectivity index (χ0n) is 17.4. The maximum absolute atomic E-state index is 12.2. The number of nitrogens with zero attached hydrogens (tertiary/aromatic N) is 2. The van der Waals surface area contributed by atoms with Crippen molar-refractivity contribution in [2.45, 2.75) is 53.0 Å². The number of hydrogen-bond acceptors (Lipinski definition) is 5. The molecule has 3 amide bonds. The van der Waals surface area contributed by atoms with Crippen LogP contribution in [0.4, 0.5) is 4.79 Å². The molecule has 0 unspecified atom stereocenters. The van der Waals surface area contributed by atoms with Crippen LogP contribution in [0.2, 0.25) is 0 Å². The van der Waals surface area contributed by atoms with Crippen LogP contribution in [-0.2, 0) is 14.3 Å². The summed E-state index contributed by atoms with van der Waals surface area (Å²) in [5.41, 5.74) is 2.64. The highest BCUT2D eigenvalue weighted by atomic mass is 16.5. The number of aryl methyl sites for hydroxylation is 1. The van der Waals surface area contributed by atoms with Gasteiger partial charge in [-0.05, 0) is 56.7 Å². The highest BCUT2D eigenvalue weighted by molar-refractivity contribution is 6.00. The first-order chi connectivity index (χ1) is 13.7. The lowest BCUT2D eigenvalue weighted by Crippen LogP contribution is -2.42. The van der Waals surface area contributed by atoms with Crippen molar-refractivity contribution in [3.63, 3.8) is 0 Å². The van der Waals surface area contributed by atoms with Crippen LogP contribution in [0.3, 0.4) is 0 Å². The first-order valence-corrected chi connectivity index (χ1v) is 9.78. The zero-order chi connectivity index (χ0) is 21.6. The number of urea groups is 1. The van der Waals surface area contributed by atoms with E-state index in [1.165, 1.54) is 6.08 Å². The summed E-state index contributed by atoms with van der Waals surface area (Å²) in [5.74, 6) is -1.24. The van der Waals surface area contributed by atoms with Crippen LogP contribution in [0, 0.1) is 31.1 Å². The normalized spacial score (nSPS) is 13.7. The molecule has 0 spiro atoms. The average molecular weight is 400 g/mol. The Labute approximate surface area is 170 Å². The van der Waals surface area contributed by atoms with Crippen molar-refractivity contribution in [1.29, 1.82) is 5.26 Å². The van der Waals surface area contributed by atoms with Crippen LogP contribution in [0.15, 0.2) is 11.6 Å². The predicted octanol–water partition coefficient (Wildman–Crippen LogP) is 2.76. The molecule has 29 heavy (non-hydrogen) atoms. The second kappa shape index (κ2) is 9.92. The molecule has 0 atom stereocenters. The minimum Gasteiger partial charge on any atom is -0.451 e. The number of ether oxygens (including phenoxy) is 1. The largest absolute Gasteiger partial charge is 0.451 e. The third-order valence-corrected chi connectivity index (χ3v) is 4.67. The van der Waals surface area contributed by atoms with Crippen molar-refractivity contribution in [1.82, 2.24) is 15.2 Å². The molecule has 1 aliphatic carbocycles. The van der Waals surface area contributed by atoms with Crippen LogP contribution >= 0.6 is 0 Å². The summed E-state index contributed by atoms with van der Waals surface area (Å²) in [6.45, 7) is 7.78. The van der Waals surface area contributed by atoms with Gasteiger partial charge in [-0.15, -0.1) is 0 Å². The third kappa shape index (κ3) is 6.49. The average Bonchev–Trinajstić information content (AvgIpc) is 3.43. The van der Waals surface area contributed by atoms with Crippen molar-refractivity contribution >= 4 is 24.0 Å². The Hall–Kier alpha value is -3.08. The number of nitrogens with one attached hydrogen (secondary N) is 2. The minimum absolute atomic E-state index is 0.199. The lowest BCUT2D eigenvalue weighted by atomic mass is 10.1. The molecule has 1 saturated carbocycles. The fourth-order valence-corrected chi connectivity index (χ4v) is 3.03. The lowest BCUT2D eigenvalue weighted by molar-refractivity contribution is -0.144. The highest BCUT2D eigenvalue weighted by Gasteiger charge is 2.27. The van der Waals surface area contributed by atoms with Gasteiger partial charge in [-0.2, -0.15) is 5.26 Å². The summed E-state index contributed by atoms with van der Waals surface area (Å²) >= 11 is 0. The van der Waals surface area contributed by atoms with Crippen molar-refractivity contribution < 1.29 is 19.1 Å². The maximum atomic E-state index is 12.2. The van der Waals surface area contributed by atoms with E-state index in [4.69, 9.17) is 4.74 Å². The van der Waals surface area contributed by atoms with E-state index in [-0.39, 0.29) is 5.57 Å². The van der Waals surface area contributed by atoms with Gasteiger partial charge in [0.2, 0.25) is 0 Å². The molecule has 2 N–H and O–H groups in total. The molecule has 8 heteroatoms. The Bertz CT molecular complexity index is 857. The van der Waals surface area contributed by atoms with Crippen molar-refractivity contribution in [3.05, 3.63) is 28.6 Å². The van der Waals surface area contributed by atoms with E-state index < -0.39 is 24.5 Å². The van der Waals surface area contributed by atoms with Crippen molar-refractivity contribution in [2.75, 3.05) is 13.2 Å². The Kier molecular flexibility index (Phi) is 7.59. The van der Waals surface area contributed by atoms with E-state index in [0.717, 1.165) is 36.2 Å². The summed E-state index contributed by atoms with van der Waals surface area (Å²) in [6.07, 6.45) is 4.52. The first kappa shape index (κ1) is 22.2. The number of esters is 1. The predicted molar refractivity (Wildman–Crippen MR) is 108 cm³/mol. The number of imide groups is 1. The van der Waals surface area contributed by atoms with Crippen molar-refractivity contribution in [2.24, 2.45) is 5.92 Å². The molecule has 1 fully saturated rings. The van der Waals surface area contributed by atoms with Crippen molar-refractivity contribution in [3.8, 4) is 6.07 Å². The van der Waals surface area contributed by atoms with Crippen LogP contribution in [-0.4, -0.2) is 35.6 Å². The maximum Gasteiger partial charge on any atom is 0.349 e. The van der Waals surface area contributed by atoms with Crippen LogP contribution in [0.1, 0.15) is 56.1 Å². The molecule has 0 radical (unpaired) electrons. The van der Waals surface area contributed by atoms with Crippen LogP contribution in [0.5, 0.6) is 0 Å². The van der Waals surface area contributed by atoms with Gasteiger partial charge >= 0.3 is 12.0 Å². The second-order valence-electron chi connectivity index (χ2n) is 7.66. The second-order valence-corrected chi connectivity index (χ2v) is 7.66. The molecule has 0 bridgehead atoms. The molecule has 1 aromatic rings. The number of hydrogen-bond donors (Lipinski definition) is 2. The number of carbonyl (C=O) groups excluding carboxylic acids is 3. The van der Waals surface area contributed by atoms with Gasteiger partial charge in [0.25, 0.3) is 5.91 Å². The molecule has 1 aromatic heterocycles. The van der Waals surface area contributed by atoms with Gasteiger partial charge in [-0.3, -0.25) is 10.1 Å². The number of amides is 3. The van der Waals surface area contributed by atoms with Gasteiger partial charge in [0.1, 0.15) is 11.6 Å². The Morgan fingerprint density at radius 1 is 1.34 bits per heavy atom. The molecule has 156 valence electrons. The Balaban J connectivity index is 1.89. The summed E-state index contributed by atoms with van der Waals surface area (Å²) in [5, 5.41) is 13.9. The molecule has 2 rings (SSSR count). The van der Waals surface area contributed by atoms with Crippen LogP contribution in [0.25, 0.3) is 6.08 Å². The van der Waals surface area contributed by atoms with E-state index in [2.05, 4.69) is 15.2 Å². The summed E-state index contributed by atoms with van der Waals surface area (Å²) in [6, 6.07) is 3.59. The number of aromatic nitrogens is 1. The SMILES string of the molecule is Cc1cc(/C=C(\C#N)C(=O)OCC(=O)NC(=O)NCCC(C)C)c(C)n1C1CC1. The van der Waals surface area contributed by atoms with E-state index in [9.17, 15) is 19.6 Å². The van der Waals surface area contributed by atoms with Gasteiger partial charge in [-0.25, -0.2) is 9.59 Å². The standard InChI is InChI=1S/C21H28N4O4/c1-13(2)7-8-23-21(28)24-19(26)12-29-20(27)17(11-22)10-16-9-14(3)25(15(16)4)18-5-6-18/h9-10,13,18H,5-8,12H2,1-4H3,(H2,23,24,26,28)/b17-10+. The zero-order valence-corrected chi connectivity index (χ0v) is 17.4. The molecule has 0 saturated heterocycles. The van der Waals surface area contributed by atoms with E-state index in [1.54, 1.807) is 0 Å². The molecule has 1 aliphatic rings. The quantitative estimate of drug-likeness (QED) is 0.396. The van der Waals surface area contributed by atoms with E-state index in [1.807, 2.05) is 39.8 Å². The van der Waals surface area contributed by atoms with Gasteiger partial charge in [0, 0.05) is 24.0 Å². The molecule has 8 nitrogen and oxygen atoms in total. The van der Waals surface area contributed by atoms with Gasteiger partial charge in [0.15, 0.2) is 6.61 Å². The van der Waals surface area contributed by atoms with Gasteiger partial charge in [-0.1, -0.05) is 13.8 Å². The molecule has 0 aliphatic heterocycles. The topological polar surface area (TPSA) is 113 Å². The first-order valence-electron chi connectivity index (χ1n) is 9.78. The van der Waals surface area contributed by atoms with E-state index >= 15 is 0 Å². The monoisotopic (exact) mass is 400 g/mol. The smallest absolute Gasteiger partial charge is 0.349 e. The minimum atomic E-state index is -0.904. The highest BCUT2D eigenvalue weighted by Crippen LogP contribution is 2.38. The summed E-state index contributed by atoms with van der Waals surface area (Å²) in [4.78, 5) is 35.5. The molecule has 1 heterocycles. The van der Waals surface area contributed by atoms with Crippen LogP contribution < -0.4 is 10.6 Å². The lowest BCUT2D eigenvalue weighted by Gasteiger charge is -2.08. The Morgan fingerprint density at radius 3 is 2.62 bits per heavy atom. The summed E-state index contributed by atoms with van der Waals surface area (Å²) < 4.78 is 7.09. The fourth-order valence-electron chi connectivity index (χ4n) is 3.03. The van der Waals surface area contributed by atoms with Gasteiger partial charge in [0.05, 0.1) is 0 Å². The van der Waals surface area contributed by atoms with E-state index in [0.29, 0.717) is 18.5 Å². The molecule has 0 aromatic carbocycles. The number of rotatable bonds is 8. The number of carbonyl (C=O) groups is 3. The molecular weight excluding hydrogens is 372 g/mol. The number of nitriles is 1. The fraction of sp³-hybridized carbons (Fsp3) is 0.524. The third-order valence-electron chi connectivity index (χ3n) is 4.67. The Morgan fingerprint density at radius 2 is 2.03 bits per heavy atom. The van der Waals surface area contributed by atoms with Gasteiger partial charge < -0.3 is 14.6 Å².